The molecule has 0 heterocycles. The van der Waals surface area contributed by atoms with Gasteiger partial charge in [0.2, 0.25) is 11.8 Å². The van der Waals surface area contributed by atoms with E-state index in [-0.39, 0.29) is 31.8 Å². The van der Waals surface area contributed by atoms with E-state index < -0.39 is 29.3 Å². The van der Waals surface area contributed by atoms with Crippen LogP contribution in [0.2, 0.25) is 5.02 Å². The van der Waals surface area contributed by atoms with Gasteiger partial charge in [0.05, 0.1) is 5.41 Å². The topological polar surface area (TPSA) is 75.4 Å². The molecule has 0 bridgehead atoms. The Morgan fingerprint density at radius 1 is 1.09 bits per heavy atom. The lowest BCUT2D eigenvalue weighted by atomic mass is 9.80. The highest BCUT2D eigenvalue weighted by Gasteiger charge is 2.67. The highest BCUT2D eigenvalue weighted by atomic mass is 35.5. The van der Waals surface area contributed by atoms with Crippen molar-refractivity contribution < 1.29 is 22.8 Å². The Morgan fingerprint density at radius 3 is 2.15 bits per heavy atom. The first-order valence-electron chi connectivity index (χ1n) is 11.1. The number of nitrogens with zero attached hydrogens (tertiary/aromatic N) is 1. The van der Waals surface area contributed by atoms with E-state index in [4.69, 9.17) is 17.3 Å². The maximum atomic E-state index is 13.9. The van der Waals surface area contributed by atoms with Crippen molar-refractivity contribution in [3.8, 4) is 0 Å². The molecule has 2 atom stereocenters. The van der Waals surface area contributed by atoms with Gasteiger partial charge in [-0.05, 0) is 68.8 Å². The average molecular weight is 496 g/mol. The van der Waals surface area contributed by atoms with Crippen molar-refractivity contribution in [1.82, 2.24) is 10.2 Å². The van der Waals surface area contributed by atoms with Crippen LogP contribution >= 0.6 is 11.6 Å². The van der Waals surface area contributed by atoms with Crippen LogP contribution in [0.4, 0.5) is 13.2 Å². The van der Waals surface area contributed by atoms with Crippen molar-refractivity contribution in [2.75, 3.05) is 20.6 Å². The van der Waals surface area contributed by atoms with E-state index in [1.807, 2.05) is 19.0 Å². The summed E-state index contributed by atoms with van der Waals surface area (Å²) in [5, 5.41) is 3.26. The number of alkyl halides is 3. The van der Waals surface area contributed by atoms with Gasteiger partial charge in [-0.15, -0.1) is 0 Å². The number of halogens is 4. The van der Waals surface area contributed by atoms with Crippen LogP contribution in [-0.4, -0.2) is 49.6 Å². The van der Waals surface area contributed by atoms with Gasteiger partial charge in [0, 0.05) is 35.5 Å². The Morgan fingerprint density at radius 2 is 1.68 bits per heavy atom. The zero-order chi connectivity index (χ0) is 25.1. The van der Waals surface area contributed by atoms with Crippen molar-refractivity contribution in [1.29, 1.82) is 0 Å². The zero-order valence-electron chi connectivity index (χ0n) is 19.2. The van der Waals surface area contributed by atoms with Gasteiger partial charge in [0.1, 0.15) is 0 Å². The van der Waals surface area contributed by atoms with E-state index in [9.17, 15) is 22.8 Å². The van der Waals surface area contributed by atoms with E-state index in [1.54, 1.807) is 48.5 Å². The predicted molar refractivity (Wildman–Crippen MR) is 126 cm³/mol. The van der Waals surface area contributed by atoms with Crippen molar-refractivity contribution in [3.05, 3.63) is 70.2 Å². The second-order valence-electron chi connectivity index (χ2n) is 9.15. The van der Waals surface area contributed by atoms with Crippen LogP contribution < -0.4 is 11.1 Å². The smallest absolute Gasteiger partial charge is 0.366 e. The molecule has 2 aromatic rings. The van der Waals surface area contributed by atoms with Gasteiger partial charge in [-0.3, -0.25) is 9.59 Å². The first-order chi connectivity index (χ1) is 15.9. The summed E-state index contributed by atoms with van der Waals surface area (Å²) in [6, 6.07) is 13.1. The summed E-state index contributed by atoms with van der Waals surface area (Å²) in [5.74, 6) is -1.90. The molecule has 9 heteroatoms. The molecular weight excluding hydrogens is 467 g/mol. The third-order valence-corrected chi connectivity index (χ3v) is 6.91. The molecule has 0 saturated heterocycles. The lowest BCUT2D eigenvalue weighted by Crippen LogP contribution is -2.42. The van der Waals surface area contributed by atoms with E-state index in [0.29, 0.717) is 22.6 Å². The number of nitrogens with two attached hydrogens (primary N) is 1. The molecule has 1 aliphatic carbocycles. The molecule has 3 N–H and O–H groups in total. The van der Waals surface area contributed by atoms with Gasteiger partial charge in [0.15, 0.2) is 0 Å². The van der Waals surface area contributed by atoms with E-state index in [2.05, 4.69) is 5.32 Å². The average Bonchev–Trinajstić information content (AvgIpc) is 3.58. The normalized spacial score (nSPS) is 16.7. The fourth-order valence-electron chi connectivity index (χ4n) is 4.30. The van der Waals surface area contributed by atoms with Gasteiger partial charge >= 0.3 is 6.18 Å². The molecule has 0 radical (unpaired) electrons. The molecule has 1 saturated carbocycles. The maximum Gasteiger partial charge on any atom is 0.395 e. The standard InChI is InChI=1S/C25H29ClF3N3O2/c1-32(2)20(13-16-3-5-18(6-4-16)23(30)34)15-31-22(33)14-21(17-7-9-19(26)10-8-17)24(11-12-24)25(27,28)29/h3-10,20-21H,11-15H2,1-2H3,(H2,30,34)(H,31,33)/t20-,21-/m0/s1. The molecule has 34 heavy (non-hydrogen) atoms. The number of primary amides is 1. The second kappa shape index (κ2) is 10.4. The second-order valence-corrected chi connectivity index (χ2v) is 9.59. The number of nitrogens with one attached hydrogen (secondary N) is 1. The van der Waals surface area contributed by atoms with E-state index in [1.165, 1.54) is 0 Å². The molecule has 2 amide bonds. The minimum absolute atomic E-state index is 0.0126. The van der Waals surface area contributed by atoms with Gasteiger partial charge in [-0.2, -0.15) is 13.2 Å². The minimum Gasteiger partial charge on any atom is -0.366 e. The SMILES string of the molecule is CN(C)[C@H](CNC(=O)C[C@@H](c1ccc(Cl)cc1)C1(C(F)(F)F)CC1)Cc1ccc(C(N)=O)cc1. The van der Waals surface area contributed by atoms with Gasteiger partial charge in [-0.25, -0.2) is 0 Å². The minimum atomic E-state index is -4.39. The molecular formula is C25H29ClF3N3O2. The lowest BCUT2D eigenvalue weighted by molar-refractivity contribution is -0.194. The summed E-state index contributed by atoms with van der Waals surface area (Å²) >= 11 is 5.92. The summed E-state index contributed by atoms with van der Waals surface area (Å²) in [6.07, 6.45) is -4.04. The summed E-state index contributed by atoms with van der Waals surface area (Å²) in [6.45, 7) is 0.274. The van der Waals surface area contributed by atoms with Crippen LogP contribution in [0.3, 0.4) is 0 Å². The molecule has 1 fully saturated rings. The Balaban J connectivity index is 1.68. The lowest BCUT2D eigenvalue weighted by Gasteiger charge is -2.30. The highest BCUT2D eigenvalue weighted by molar-refractivity contribution is 6.30. The van der Waals surface area contributed by atoms with Crippen molar-refractivity contribution in [2.45, 2.75) is 43.8 Å². The van der Waals surface area contributed by atoms with Crippen LogP contribution in [0.5, 0.6) is 0 Å². The Bertz CT molecular complexity index is 1000. The number of likely N-dealkylation sites (N-methyl/N-ethyl adjacent to an activating group) is 1. The number of rotatable bonds is 10. The predicted octanol–water partition coefficient (Wildman–Crippen LogP) is 4.54. The third-order valence-electron chi connectivity index (χ3n) is 6.66. The number of benzene rings is 2. The number of carbonyl (C=O) groups is 2. The highest BCUT2D eigenvalue weighted by Crippen LogP contribution is 2.66. The molecule has 0 aliphatic heterocycles. The molecule has 184 valence electrons. The summed E-state index contributed by atoms with van der Waals surface area (Å²) in [5.41, 5.74) is 5.22. The molecule has 3 rings (SSSR count). The number of amides is 2. The van der Waals surface area contributed by atoms with Crippen molar-refractivity contribution in [2.24, 2.45) is 11.1 Å². The van der Waals surface area contributed by atoms with Crippen LogP contribution in [-0.2, 0) is 11.2 Å². The van der Waals surface area contributed by atoms with E-state index in [0.717, 1.165) is 5.56 Å². The van der Waals surface area contributed by atoms with Crippen LogP contribution in [0.1, 0.15) is 46.7 Å². The summed E-state index contributed by atoms with van der Waals surface area (Å²) in [7, 11) is 3.74. The Labute approximate surface area is 202 Å². The molecule has 2 aromatic carbocycles. The third kappa shape index (κ3) is 6.10. The first kappa shape index (κ1) is 26.0. The molecule has 0 unspecified atom stereocenters. The Hall–Kier alpha value is -2.58. The first-order valence-corrected chi connectivity index (χ1v) is 11.4. The number of hydrogen-bond acceptors (Lipinski definition) is 3. The fraction of sp³-hybridized carbons (Fsp3) is 0.440. The number of hydrogen-bond donors (Lipinski definition) is 2. The largest absolute Gasteiger partial charge is 0.395 e. The Kier molecular flexibility index (Phi) is 7.93. The molecule has 0 aromatic heterocycles. The van der Waals surface area contributed by atoms with Gasteiger partial charge in [0.25, 0.3) is 0 Å². The summed E-state index contributed by atoms with van der Waals surface area (Å²) in [4.78, 5) is 26.0. The van der Waals surface area contributed by atoms with Crippen molar-refractivity contribution in [3.63, 3.8) is 0 Å². The number of carbonyl (C=O) groups excluding carboxylic acids is 2. The molecule has 1 aliphatic rings. The maximum absolute atomic E-state index is 13.9. The quantitative estimate of drug-likeness (QED) is 0.508. The van der Waals surface area contributed by atoms with E-state index >= 15 is 0 Å². The molecule has 0 spiro atoms. The van der Waals surface area contributed by atoms with Crippen LogP contribution in [0.25, 0.3) is 0 Å². The fourth-order valence-corrected chi connectivity index (χ4v) is 4.42. The van der Waals surface area contributed by atoms with Crippen molar-refractivity contribution >= 4 is 23.4 Å². The molecule has 5 nitrogen and oxygen atoms in total. The van der Waals surface area contributed by atoms with Gasteiger partial charge in [-0.1, -0.05) is 35.9 Å². The van der Waals surface area contributed by atoms with Gasteiger partial charge < -0.3 is 16.0 Å². The van der Waals surface area contributed by atoms with Crippen LogP contribution in [0.15, 0.2) is 48.5 Å². The van der Waals surface area contributed by atoms with Crippen LogP contribution in [0, 0.1) is 5.41 Å². The zero-order valence-corrected chi connectivity index (χ0v) is 19.9. The monoisotopic (exact) mass is 495 g/mol. The summed E-state index contributed by atoms with van der Waals surface area (Å²) < 4.78 is 41.7.